The minimum absolute atomic E-state index is 0.0388. The highest BCUT2D eigenvalue weighted by Crippen LogP contribution is 2.31. The first kappa shape index (κ1) is 20.8. The molecule has 2 fully saturated rings. The van der Waals surface area contributed by atoms with Crippen molar-refractivity contribution in [3.05, 3.63) is 29.8 Å². The number of hydrogen-bond donors (Lipinski definition) is 2. The third-order valence-electron chi connectivity index (χ3n) is 5.44. The number of nitrogens with one attached hydrogen (secondary N) is 1. The van der Waals surface area contributed by atoms with E-state index < -0.39 is 10.0 Å². The van der Waals surface area contributed by atoms with Crippen molar-refractivity contribution in [1.82, 2.24) is 15.1 Å². The molecule has 154 valence electrons. The zero-order valence-electron chi connectivity index (χ0n) is 16.1. The lowest BCUT2D eigenvalue weighted by atomic mass is 10.1. The predicted molar refractivity (Wildman–Crippen MR) is 105 cm³/mol. The summed E-state index contributed by atoms with van der Waals surface area (Å²) < 4.78 is 22.5. The number of hydrogen-bond acceptors (Lipinski definition) is 5. The molecule has 9 heteroatoms. The van der Waals surface area contributed by atoms with Gasteiger partial charge in [-0.15, -0.1) is 0 Å². The molecular weight excluding hydrogens is 380 g/mol. The Labute approximate surface area is 166 Å². The SMILES string of the molecule is C[C@H](C(=O)NCCc1ccc(S(N)(=O)=O)cc1)N1CCN(C(=O)C2CC2)CC1. The van der Waals surface area contributed by atoms with Crippen LogP contribution in [0, 0.1) is 5.92 Å². The number of carbonyl (C=O) groups is 2. The smallest absolute Gasteiger partial charge is 0.238 e. The normalized spacial score (nSPS) is 19.3. The highest BCUT2D eigenvalue weighted by Gasteiger charge is 2.35. The van der Waals surface area contributed by atoms with E-state index in [2.05, 4.69) is 10.2 Å². The Morgan fingerprint density at radius 2 is 1.75 bits per heavy atom. The zero-order valence-corrected chi connectivity index (χ0v) is 17.0. The van der Waals surface area contributed by atoms with Gasteiger partial charge in [-0.05, 0) is 43.9 Å². The fraction of sp³-hybridized carbons (Fsp3) is 0.579. The van der Waals surface area contributed by atoms with Crippen LogP contribution in [0.3, 0.4) is 0 Å². The molecule has 0 spiro atoms. The second-order valence-electron chi connectivity index (χ2n) is 7.54. The standard InChI is InChI=1S/C19H28N4O4S/c1-14(22-10-12-23(13-11-22)19(25)16-4-5-16)18(24)21-9-8-15-2-6-17(7-3-15)28(20,26)27/h2-3,6-7,14,16H,4-5,8-13H2,1H3,(H,21,24)(H2,20,26,27)/t14-/m1/s1. The maximum Gasteiger partial charge on any atom is 0.238 e. The van der Waals surface area contributed by atoms with E-state index in [1.54, 1.807) is 12.1 Å². The molecule has 1 atom stereocenters. The third-order valence-corrected chi connectivity index (χ3v) is 6.37. The van der Waals surface area contributed by atoms with Gasteiger partial charge >= 0.3 is 0 Å². The van der Waals surface area contributed by atoms with Gasteiger partial charge in [-0.2, -0.15) is 0 Å². The summed E-state index contributed by atoms with van der Waals surface area (Å²) >= 11 is 0. The molecule has 0 aromatic heterocycles. The molecule has 0 bridgehead atoms. The maximum absolute atomic E-state index is 12.4. The number of sulfonamides is 1. The van der Waals surface area contributed by atoms with Gasteiger partial charge in [-0.25, -0.2) is 13.6 Å². The van der Waals surface area contributed by atoms with E-state index in [9.17, 15) is 18.0 Å². The summed E-state index contributed by atoms with van der Waals surface area (Å²) in [5, 5.41) is 8.01. The lowest BCUT2D eigenvalue weighted by Crippen LogP contribution is -2.55. The number of nitrogens with zero attached hydrogens (tertiary/aromatic N) is 2. The molecule has 3 rings (SSSR count). The Balaban J connectivity index is 1.40. The molecule has 2 aliphatic rings. The average molecular weight is 409 g/mol. The molecule has 1 saturated heterocycles. The van der Waals surface area contributed by atoms with Gasteiger partial charge in [0.15, 0.2) is 0 Å². The quantitative estimate of drug-likeness (QED) is 0.656. The van der Waals surface area contributed by atoms with E-state index in [4.69, 9.17) is 5.14 Å². The van der Waals surface area contributed by atoms with Gasteiger partial charge in [0, 0.05) is 38.6 Å². The molecule has 1 heterocycles. The highest BCUT2D eigenvalue weighted by molar-refractivity contribution is 7.89. The second-order valence-corrected chi connectivity index (χ2v) is 9.10. The largest absolute Gasteiger partial charge is 0.354 e. The van der Waals surface area contributed by atoms with E-state index in [0.717, 1.165) is 18.4 Å². The number of benzene rings is 1. The summed E-state index contributed by atoms with van der Waals surface area (Å²) in [5.41, 5.74) is 0.924. The number of rotatable bonds is 7. The van der Waals surface area contributed by atoms with Crippen molar-refractivity contribution in [3.63, 3.8) is 0 Å². The van der Waals surface area contributed by atoms with Crippen molar-refractivity contribution >= 4 is 21.8 Å². The Kier molecular flexibility index (Phi) is 6.36. The van der Waals surface area contributed by atoms with Crippen LogP contribution in [0.5, 0.6) is 0 Å². The monoisotopic (exact) mass is 408 g/mol. The first-order valence-electron chi connectivity index (χ1n) is 9.68. The Hall–Kier alpha value is -1.97. The molecule has 0 radical (unpaired) electrons. The predicted octanol–water partition coefficient (Wildman–Crippen LogP) is -0.0646. The lowest BCUT2D eigenvalue weighted by molar-refractivity contribution is -0.135. The number of primary sulfonamides is 1. The minimum atomic E-state index is -3.69. The van der Waals surface area contributed by atoms with Gasteiger partial charge in [0.1, 0.15) is 0 Å². The van der Waals surface area contributed by atoms with Crippen molar-refractivity contribution in [1.29, 1.82) is 0 Å². The van der Waals surface area contributed by atoms with Crippen molar-refractivity contribution in [2.75, 3.05) is 32.7 Å². The van der Waals surface area contributed by atoms with E-state index in [0.29, 0.717) is 39.1 Å². The summed E-state index contributed by atoms with van der Waals surface area (Å²) in [7, 11) is -3.69. The van der Waals surface area contributed by atoms with E-state index in [1.165, 1.54) is 12.1 Å². The summed E-state index contributed by atoms with van der Waals surface area (Å²) in [6.45, 7) is 5.14. The molecule has 1 aliphatic heterocycles. The Morgan fingerprint density at radius 3 is 2.29 bits per heavy atom. The summed E-state index contributed by atoms with van der Waals surface area (Å²) in [5.74, 6) is 0.472. The van der Waals surface area contributed by atoms with Gasteiger partial charge in [0.05, 0.1) is 10.9 Å². The molecule has 0 unspecified atom stereocenters. The molecule has 1 aromatic rings. The lowest BCUT2D eigenvalue weighted by Gasteiger charge is -2.37. The minimum Gasteiger partial charge on any atom is -0.354 e. The highest BCUT2D eigenvalue weighted by atomic mass is 32.2. The Bertz CT molecular complexity index is 813. The van der Waals surface area contributed by atoms with Gasteiger partial charge in [-0.3, -0.25) is 14.5 Å². The topological polar surface area (TPSA) is 113 Å². The van der Waals surface area contributed by atoms with Crippen LogP contribution in [0.1, 0.15) is 25.3 Å². The van der Waals surface area contributed by atoms with Gasteiger partial charge in [0.25, 0.3) is 0 Å². The van der Waals surface area contributed by atoms with Crippen LogP contribution in [-0.4, -0.2) is 68.8 Å². The molecular formula is C19H28N4O4S. The van der Waals surface area contributed by atoms with Crippen LogP contribution >= 0.6 is 0 Å². The average Bonchev–Trinajstić information content (AvgIpc) is 3.52. The summed E-state index contributed by atoms with van der Waals surface area (Å²) in [6, 6.07) is 6.09. The summed E-state index contributed by atoms with van der Waals surface area (Å²) in [6.07, 6.45) is 2.64. The Morgan fingerprint density at radius 1 is 1.14 bits per heavy atom. The first-order valence-corrected chi connectivity index (χ1v) is 11.2. The molecule has 1 aliphatic carbocycles. The number of amides is 2. The summed E-state index contributed by atoms with van der Waals surface area (Å²) in [4.78, 5) is 28.6. The maximum atomic E-state index is 12.4. The number of piperazine rings is 1. The zero-order chi connectivity index (χ0) is 20.3. The number of nitrogens with two attached hydrogens (primary N) is 1. The van der Waals surface area contributed by atoms with E-state index in [1.807, 2.05) is 11.8 Å². The van der Waals surface area contributed by atoms with Crippen LogP contribution in [0.2, 0.25) is 0 Å². The van der Waals surface area contributed by atoms with Crippen molar-refractivity contribution < 1.29 is 18.0 Å². The van der Waals surface area contributed by atoms with Crippen LogP contribution in [0.4, 0.5) is 0 Å². The van der Waals surface area contributed by atoms with Gasteiger partial charge < -0.3 is 10.2 Å². The van der Waals surface area contributed by atoms with Crippen molar-refractivity contribution in [2.24, 2.45) is 11.1 Å². The molecule has 28 heavy (non-hydrogen) atoms. The number of carbonyl (C=O) groups excluding carboxylic acids is 2. The molecule has 2 amide bonds. The second kappa shape index (κ2) is 8.59. The molecule has 3 N–H and O–H groups in total. The van der Waals surface area contributed by atoms with Gasteiger partial charge in [0.2, 0.25) is 21.8 Å². The first-order chi connectivity index (χ1) is 13.3. The van der Waals surface area contributed by atoms with Crippen LogP contribution in [0.25, 0.3) is 0 Å². The van der Waals surface area contributed by atoms with Gasteiger partial charge in [-0.1, -0.05) is 12.1 Å². The third kappa shape index (κ3) is 5.30. The fourth-order valence-corrected chi connectivity index (χ4v) is 3.92. The molecule has 8 nitrogen and oxygen atoms in total. The van der Waals surface area contributed by atoms with E-state index >= 15 is 0 Å². The van der Waals surface area contributed by atoms with E-state index in [-0.39, 0.29) is 28.7 Å². The molecule has 1 saturated carbocycles. The van der Waals surface area contributed by atoms with Crippen molar-refractivity contribution in [3.8, 4) is 0 Å². The van der Waals surface area contributed by atoms with Crippen molar-refractivity contribution in [2.45, 2.75) is 37.1 Å². The van der Waals surface area contributed by atoms with Crippen LogP contribution in [0.15, 0.2) is 29.2 Å². The fourth-order valence-electron chi connectivity index (χ4n) is 3.41. The molecule has 1 aromatic carbocycles. The van der Waals surface area contributed by atoms with Crippen LogP contribution in [-0.2, 0) is 26.0 Å². The van der Waals surface area contributed by atoms with Crippen LogP contribution < -0.4 is 10.5 Å².